The number of piperidine rings is 1. The Kier molecular flexibility index (Phi) is 2.94. The minimum absolute atomic E-state index is 0.0306. The first kappa shape index (κ1) is 10.7. The van der Waals surface area contributed by atoms with Gasteiger partial charge in [-0.3, -0.25) is 9.59 Å². The highest BCUT2D eigenvalue weighted by Gasteiger charge is 2.14. The van der Waals surface area contributed by atoms with E-state index in [4.69, 9.17) is 5.73 Å². The van der Waals surface area contributed by atoms with E-state index in [0.29, 0.717) is 0 Å². The van der Waals surface area contributed by atoms with Crippen LogP contribution in [0, 0.1) is 0 Å². The Morgan fingerprint density at radius 3 is 2.62 bits per heavy atom. The maximum Gasteiger partial charge on any atom is 0.260 e. The second kappa shape index (κ2) is 4.38. The van der Waals surface area contributed by atoms with Crippen molar-refractivity contribution in [3.8, 4) is 0 Å². The lowest BCUT2D eigenvalue weighted by Gasteiger charge is -2.28. The summed E-state index contributed by atoms with van der Waals surface area (Å²) in [5, 5.41) is 0. The quantitative estimate of drug-likeness (QED) is 0.761. The van der Waals surface area contributed by atoms with E-state index in [1.807, 2.05) is 0 Å². The molecular formula is C11H15N3O2. The molecule has 5 nitrogen and oxygen atoms in total. The number of primary amides is 1. The van der Waals surface area contributed by atoms with Crippen molar-refractivity contribution in [3.05, 3.63) is 28.2 Å². The average molecular weight is 221 g/mol. The van der Waals surface area contributed by atoms with E-state index in [1.165, 1.54) is 6.42 Å². The minimum atomic E-state index is -0.680. The van der Waals surface area contributed by atoms with Crippen LogP contribution in [-0.4, -0.2) is 24.0 Å². The summed E-state index contributed by atoms with van der Waals surface area (Å²) in [6.07, 6.45) is 5.17. The zero-order valence-electron chi connectivity index (χ0n) is 9.03. The van der Waals surface area contributed by atoms with Gasteiger partial charge in [0.2, 0.25) is 0 Å². The number of hydrogen-bond donors (Lipinski definition) is 2. The van der Waals surface area contributed by atoms with Crippen molar-refractivity contribution in [1.82, 2.24) is 4.98 Å². The number of H-pyrrole nitrogens is 1. The summed E-state index contributed by atoms with van der Waals surface area (Å²) in [5.74, 6) is -0.680. The van der Waals surface area contributed by atoms with Gasteiger partial charge in [-0.2, -0.15) is 0 Å². The predicted octanol–water partition coefficient (Wildman–Crippen LogP) is 0.464. The number of hydrogen-bond acceptors (Lipinski definition) is 3. The Morgan fingerprint density at radius 1 is 1.31 bits per heavy atom. The van der Waals surface area contributed by atoms with E-state index in [0.717, 1.165) is 31.6 Å². The Balaban J connectivity index is 2.31. The van der Waals surface area contributed by atoms with Crippen LogP contribution >= 0.6 is 0 Å². The van der Waals surface area contributed by atoms with Gasteiger partial charge in [0.15, 0.2) is 0 Å². The zero-order chi connectivity index (χ0) is 11.5. The number of aromatic amines is 1. The number of carbonyl (C=O) groups excluding carboxylic acids is 1. The molecule has 2 rings (SSSR count). The molecule has 0 spiro atoms. The summed E-state index contributed by atoms with van der Waals surface area (Å²) >= 11 is 0. The van der Waals surface area contributed by atoms with Crippen LogP contribution in [0.1, 0.15) is 29.6 Å². The van der Waals surface area contributed by atoms with Crippen LogP contribution in [0.4, 0.5) is 5.69 Å². The number of aromatic nitrogens is 1. The Hall–Kier alpha value is -1.78. The van der Waals surface area contributed by atoms with Crippen molar-refractivity contribution in [2.24, 2.45) is 5.73 Å². The summed E-state index contributed by atoms with van der Waals surface area (Å²) in [6.45, 7) is 1.93. The van der Waals surface area contributed by atoms with Gasteiger partial charge >= 0.3 is 0 Å². The van der Waals surface area contributed by atoms with Crippen molar-refractivity contribution >= 4 is 11.6 Å². The lowest BCUT2D eigenvalue weighted by molar-refractivity contribution is 0.0999. The first-order valence-electron chi connectivity index (χ1n) is 5.46. The fourth-order valence-corrected chi connectivity index (χ4v) is 1.99. The summed E-state index contributed by atoms with van der Waals surface area (Å²) in [7, 11) is 0. The van der Waals surface area contributed by atoms with Crippen LogP contribution in [0.3, 0.4) is 0 Å². The standard InChI is InChI=1S/C11H15N3O2/c12-10(15)9-6-8(7-13-11(9)16)14-4-2-1-3-5-14/h6-7H,1-5H2,(H2,12,15)(H,13,16). The molecule has 1 aromatic rings. The molecule has 0 atom stereocenters. The molecule has 0 aromatic carbocycles. The molecule has 1 saturated heterocycles. The van der Waals surface area contributed by atoms with Gasteiger partial charge in [0.05, 0.1) is 5.69 Å². The first-order chi connectivity index (χ1) is 7.68. The van der Waals surface area contributed by atoms with Gasteiger partial charge in [0.1, 0.15) is 5.56 Å². The third-order valence-electron chi connectivity index (χ3n) is 2.87. The summed E-state index contributed by atoms with van der Waals surface area (Å²) < 4.78 is 0. The van der Waals surface area contributed by atoms with Crippen LogP contribution in [0.2, 0.25) is 0 Å². The fourth-order valence-electron chi connectivity index (χ4n) is 1.99. The Morgan fingerprint density at radius 2 is 2.00 bits per heavy atom. The number of rotatable bonds is 2. The fraction of sp³-hybridized carbons (Fsp3) is 0.455. The van der Waals surface area contributed by atoms with Crippen LogP contribution < -0.4 is 16.2 Å². The number of amides is 1. The van der Waals surface area contributed by atoms with E-state index in [2.05, 4.69) is 9.88 Å². The first-order valence-corrected chi connectivity index (χ1v) is 5.46. The monoisotopic (exact) mass is 221 g/mol. The summed E-state index contributed by atoms with van der Waals surface area (Å²) in [4.78, 5) is 27.1. The van der Waals surface area contributed by atoms with E-state index >= 15 is 0 Å². The third-order valence-corrected chi connectivity index (χ3v) is 2.87. The summed E-state index contributed by atoms with van der Waals surface area (Å²) in [5.41, 5.74) is 5.61. The van der Waals surface area contributed by atoms with Crippen molar-refractivity contribution in [1.29, 1.82) is 0 Å². The second-order valence-corrected chi connectivity index (χ2v) is 4.01. The number of nitrogens with one attached hydrogen (secondary N) is 1. The van der Waals surface area contributed by atoms with Gasteiger partial charge in [0, 0.05) is 19.3 Å². The lowest BCUT2D eigenvalue weighted by atomic mass is 10.1. The molecule has 1 aliphatic heterocycles. The van der Waals surface area contributed by atoms with Gasteiger partial charge in [-0.05, 0) is 25.3 Å². The smallest absolute Gasteiger partial charge is 0.260 e. The van der Waals surface area contributed by atoms with E-state index in [1.54, 1.807) is 12.3 Å². The van der Waals surface area contributed by atoms with E-state index < -0.39 is 11.5 Å². The number of carbonyl (C=O) groups is 1. The molecule has 1 aliphatic rings. The lowest BCUT2D eigenvalue weighted by Crippen LogP contribution is -2.31. The van der Waals surface area contributed by atoms with Gasteiger partial charge in [0.25, 0.3) is 11.5 Å². The molecule has 0 unspecified atom stereocenters. The summed E-state index contributed by atoms with van der Waals surface area (Å²) in [6, 6.07) is 1.58. The highest BCUT2D eigenvalue weighted by molar-refractivity contribution is 5.93. The molecule has 1 aromatic heterocycles. The van der Waals surface area contributed by atoms with E-state index in [9.17, 15) is 9.59 Å². The van der Waals surface area contributed by atoms with Crippen molar-refractivity contribution in [3.63, 3.8) is 0 Å². The molecule has 0 saturated carbocycles. The normalized spacial score (nSPS) is 16.1. The highest BCUT2D eigenvalue weighted by Crippen LogP contribution is 2.18. The van der Waals surface area contributed by atoms with Crippen molar-refractivity contribution in [2.45, 2.75) is 19.3 Å². The molecule has 1 fully saturated rings. The zero-order valence-corrected chi connectivity index (χ0v) is 9.03. The molecule has 5 heteroatoms. The highest BCUT2D eigenvalue weighted by atomic mass is 16.2. The SMILES string of the molecule is NC(=O)c1cc(N2CCCCC2)c[nH]c1=O. The topological polar surface area (TPSA) is 79.2 Å². The molecule has 16 heavy (non-hydrogen) atoms. The van der Waals surface area contributed by atoms with Gasteiger partial charge in [-0.15, -0.1) is 0 Å². The molecular weight excluding hydrogens is 206 g/mol. The minimum Gasteiger partial charge on any atom is -0.370 e. The van der Waals surface area contributed by atoms with Gasteiger partial charge < -0.3 is 15.6 Å². The van der Waals surface area contributed by atoms with Crippen molar-refractivity contribution < 1.29 is 4.79 Å². The van der Waals surface area contributed by atoms with Crippen LogP contribution in [0.15, 0.2) is 17.1 Å². The van der Waals surface area contributed by atoms with E-state index in [-0.39, 0.29) is 5.56 Å². The molecule has 0 radical (unpaired) electrons. The average Bonchev–Trinajstić information content (AvgIpc) is 2.30. The maximum atomic E-state index is 11.3. The van der Waals surface area contributed by atoms with Crippen molar-refractivity contribution in [2.75, 3.05) is 18.0 Å². The number of pyridine rings is 1. The Labute approximate surface area is 93.3 Å². The molecule has 3 N–H and O–H groups in total. The second-order valence-electron chi connectivity index (χ2n) is 4.01. The van der Waals surface area contributed by atoms with Gasteiger partial charge in [-0.1, -0.05) is 0 Å². The third kappa shape index (κ3) is 2.08. The largest absolute Gasteiger partial charge is 0.370 e. The van der Waals surface area contributed by atoms with Crippen LogP contribution in [0.5, 0.6) is 0 Å². The van der Waals surface area contributed by atoms with Gasteiger partial charge in [-0.25, -0.2) is 0 Å². The maximum absolute atomic E-state index is 11.3. The number of nitrogens with two attached hydrogens (primary N) is 1. The van der Waals surface area contributed by atoms with Crippen LogP contribution in [-0.2, 0) is 0 Å². The Bertz CT molecular complexity index is 447. The molecule has 2 heterocycles. The molecule has 1 amide bonds. The molecule has 0 aliphatic carbocycles. The van der Waals surface area contributed by atoms with Crippen LogP contribution in [0.25, 0.3) is 0 Å². The predicted molar refractivity (Wildman–Crippen MR) is 61.6 cm³/mol. The number of anilines is 1. The number of nitrogens with zero attached hydrogens (tertiary/aromatic N) is 1. The molecule has 86 valence electrons. The molecule has 0 bridgehead atoms.